The van der Waals surface area contributed by atoms with Gasteiger partial charge in [0.15, 0.2) is 0 Å². The molecular weight excluding hydrogens is 334 g/mol. The highest BCUT2D eigenvalue weighted by atomic mass is 15.1. The second-order valence-electron chi connectivity index (χ2n) is 7.05. The lowest BCUT2D eigenvalue weighted by molar-refractivity contribution is 0.464. The molecule has 0 fully saturated rings. The lowest BCUT2D eigenvalue weighted by Crippen LogP contribution is -2.11. The first-order valence-electron chi connectivity index (χ1n) is 9.59. The maximum atomic E-state index is 6.23. The molecule has 2 rings (SSSR count). The summed E-state index contributed by atoms with van der Waals surface area (Å²) >= 11 is 0. The Morgan fingerprint density at radius 1 is 1.19 bits per heavy atom. The molecule has 0 saturated heterocycles. The highest BCUT2D eigenvalue weighted by molar-refractivity contribution is 5.50. The third-order valence-electron chi connectivity index (χ3n) is 4.25. The van der Waals surface area contributed by atoms with Crippen molar-refractivity contribution in [3.05, 3.63) is 46.6 Å². The number of unbranched alkanes of at least 4 members (excludes halogenated alkanes) is 2. The minimum absolute atomic E-state index is 0.546. The Morgan fingerprint density at radius 3 is 2.70 bits per heavy atom. The van der Waals surface area contributed by atoms with Crippen molar-refractivity contribution in [3.8, 4) is 11.8 Å². The van der Waals surface area contributed by atoms with Crippen molar-refractivity contribution in [2.45, 2.75) is 39.5 Å². The third-order valence-corrected chi connectivity index (χ3v) is 4.25. The van der Waals surface area contributed by atoms with Crippen molar-refractivity contribution in [1.29, 1.82) is 0 Å². The van der Waals surface area contributed by atoms with Gasteiger partial charge in [-0.1, -0.05) is 43.7 Å². The largest absolute Gasteiger partial charge is 0.383 e. The van der Waals surface area contributed by atoms with E-state index in [4.69, 9.17) is 5.73 Å². The fourth-order valence-electron chi connectivity index (χ4n) is 2.75. The molecule has 0 aliphatic heterocycles. The first kappa shape index (κ1) is 20.7. The van der Waals surface area contributed by atoms with Crippen LogP contribution in [0.4, 0.5) is 11.8 Å². The quantitative estimate of drug-likeness (QED) is 0.554. The van der Waals surface area contributed by atoms with Gasteiger partial charge in [-0.3, -0.25) is 4.90 Å². The molecule has 0 bridgehead atoms. The summed E-state index contributed by atoms with van der Waals surface area (Å²) in [6, 6.07) is 8.26. The van der Waals surface area contributed by atoms with Crippen LogP contribution in [0.5, 0.6) is 0 Å². The number of aryl methyl sites for hydroxylation is 1. The first-order chi connectivity index (χ1) is 13.0. The predicted octanol–water partition coefficient (Wildman–Crippen LogP) is 3.47. The average Bonchev–Trinajstić information content (AvgIpc) is 2.62. The number of nitrogens with zero attached hydrogens (tertiary/aromatic N) is 3. The molecule has 1 aromatic carbocycles. The minimum Gasteiger partial charge on any atom is -0.383 e. The summed E-state index contributed by atoms with van der Waals surface area (Å²) in [6.07, 6.45) is 4.22. The van der Waals surface area contributed by atoms with Crippen LogP contribution in [0, 0.1) is 18.8 Å². The Labute approximate surface area is 163 Å². The molecule has 0 radical (unpaired) electrons. The Hall–Kier alpha value is -2.58. The SMILES string of the molecule is CCCCCNc1nc(C)c(Cc2cccc(C#CCN(C)C)c2)c(N)n1. The molecule has 0 aliphatic carbocycles. The average molecular weight is 366 g/mol. The summed E-state index contributed by atoms with van der Waals surface area (Å²) < 4.78 is 0. The molecule has 0 unspecified atom stereocenters. The van der Waals surface area contributed by atoms with Gasteiger partial charge in [-0.15, -0.1) is 0 Å². The minimum atomic E-state index is 0.546. The zero-order chi connectivity index (χ0) is 19.6. The van der Waals surface area contributed by atoms with Crippen molar-refractivity contribution >= 4 is 11.8 Å². The van der Waals surface area contributed by atoms with Crippen LogP contribution < -0.4 is 11.1 Å². The van der Waals surface area contributed by atoms with Gasteiger partial charge in [0.05, 0.1) is 6.54 Å². The van der Waals surface area contributed by atoms with Gasteiger partial charge in [0.1, 0.15) is 5.82 Å². The topological polar surface area (TPSA) is 67.1 Å². The lowest BCUT2D eigenvalue weighted by atomic mass is 10.0. The Kier molecular flexibility index (Phi) is 8.09. The molecule has 0 aliphatic rings. The molecule has 3 N–H and O–H groups in total. The summed E-state index contributed by atoms with van der Waals surface area (Å²) in [5.41, 5.74) is 10.3. The van der Waals surface area contributed by atoms with E-state index in [1.54, 1.807) is 0 Å². The van der Waals surface area contributed by atoms with Gasteiger partial charge in [0, 0.05) is 29.8 Å². The summed E-state index contributed by atoms with van der Waals surface area (Å²) in [5, 5.41) is 3.27. The molecule has 144 valence electrons. The van der Waals surface area contributed by atoms with Gasteiger partial charge in [0.25, 0.3) is 0 Å². The van der Waals surface area contributed by atoms with Crippen molar-refractivity contribution in [3.63, 3.8) is 0 Å². The van der Waals surface area contributed by atoms with Gasteiger partial charge in [-0.05, 0) is 45.1 Å². The molecule has 0 amide bonds. The number of nitrogens with one attached hydrogen (secondary N) is 1. The van der Waals surface area contributed by atoms with Crippen LogP contribution in [0.1, 0.15) is 48.6 Å². The van der Waals surface area contributed by atoms with Gasteiger partial charge in [0.2, 0.25) is 5.95 Å². The second-order valence-corrected chi connectivity index (χ2v) is 7.05. The summed E-state index contributed by atoms with van der Waals surface area (Å²) in [7, 11) is 4.03. The maximum absolute atomic E-state index is 6.23. The van der Waals surface area contributed by atoms with E-state index in [1.165, 1.54) is 12.8 Å². The Balaban J connectivity index is 2.09. The molecule has 2 aromatic rings. The number of aromatic nitrogens is 2. The number of hydrogen-bond acceptors (Lipinski definition) is 5. The smallest absolute Gasteiger partial charge is 0.224 e. The van der Waals surface area contributed by atoms with E-state index in [0.717, 1.165) is 41.9 Å². The van der Waals surface area contributed by atoms with Crippen LogP contribution >= 0.6 is 0 Å². The molecule has 0 spiro atoms. The number of anilines is 2. The molecule has 1 heterocycles. The standard InChI is InChI=1S/C22H31N5/c1-5-6-7-13-24-22-25-17(2)20(21(23)26-22)16-19-11-8-10-18(15-19)12-9-14-27(3)4/h8,10-11,15H,5-7,13-14,16H2,1-4H3,(H3,23,24,25,26). The van der Waals surface area contributed by atoms with Crippen molar-refractivity contribution in [1.82, 2.24) is 14.9 Å². The van der Waals surface area contributed by atoms with Crippen LogP contribution in [0.25, 0.3) is 0 Å². The van der Waals surface area contributed by atoms with Crippen LogP contribution in [-0.2, 0) is 6.42 Å². The molecular formula is C22H31N5. The van der Waals surface area contributed by atoms with Gasteiger partial charge >= 0.3 is 0 Å². The van der Waals surface area contributed by atoms with E-state index < -0.39 is 0 Å². The predicted molar refractivity (Wildman–Crippen MR) is 114 cm³/mol. The zero-order valence-corrected chi connectivity index (χ0v) is 17.0. The van der Waals surface area contributed by atoms with Crippen LogP contribution in [0.2, 0.25) is 0 Å². The van der Waals surface area contributed by atoms with Gasteiger partial charge < -0.3 is 11.1 Å². The number of nitrogen functional groups attached to an aromatic ring is 1. The lowest BCUT2D eigenvalue weighted by Gasteiger charge is -2.12. The maximum Gasteiger partial charge on any atom is 0.224 e. The van der Waals surface area contributed by atoms with E-state index >= 15 is 0 Å². The molecule has 0 atom stereocenters. The zero-order valence-electron chi connectivity index (χ0n) is 17.0. The molecule has 5 heteroatoms. The normalized spacial score (nSPS) is 10.6. The highest BCUT2D eigenvalue weighted by Gasteiger charge is 2.10. The van der Waals surface area contributed by atoms with E-state index in [9.17, 15) is 0 Å². The second kappa shape index (κ2) is 10.5. The molecule has 27 heavy (non-hydrogen) atoms. The number of rotatable bonds is 8. The van der Waals surface area contributed by atoms with Crippen LogP contribution in [0.3, 0.4) is 0 Å². The summed E-state index contributed by atoms with van der Waals surface area (Å²) in [4.78, 5) is 11.1. The van der Waals surface area contributed by atoms with E-state index in [1.807, 2.05) is 33.2 Å². The molecule has 5 nitrogen and oxygen atoms in total. The number of hydrogen-bond donors (Lipinski definition) is 2. The third kappa shape index (κ3) is 6.92. The van der Waals surface area contributed by atoms with E-state index in [-0.39, 0.29) is 0 Å². The van der Waals surface area contributed by atoms with E-state index in [0.29, 0.717) is 18.2 Å². The van der Waals surface area contributed by atoms with E-state index in [2.05, 4.69) is 51.1 Å². The molecule has 0 saturated carbocycles. The Bertz CT molecular complexity index is 779. The summed E-state index contributed by atoms with van der Waals surface area (Å²) in [5.74, 6) is 7.54. The van der Waals surface area contributed by atoms with Crippen molar-refractivity contribution in [2.24, 2.45) is 0 Å². The fourth-order valence-corrected chi connectivity index (χ4v) is 2.75. The van der Waals surface area contributed by atoms with Gasteiger partial charge in [-0.2, -0.15) is 4.98 Å². The van der Waals surface area contributed by atoms with Crippen molar-refractivity contribution in [2.75, 3.05) is 38.2 Å². The van der Waals surface area contributed by atoms with Gasteiger partial charge in [-0.25, -0.2) is 4.98 Å². The summed E-state index contributed by atoms with van der Waals surface area (Å²) in [6.45, 7) is 5.80. The molecule has 1 aromatic heterocycles. The highest BCUT2D eigenvalue weighted by Crippen LogP contribution is 2.20. The fraction of sp³-hybridized carbons (Fsp3) is 0.455. The first-order valence-corrected chi connectivity index (χ1v) is 9.59. The monoisotopic (exact) mass is 365 g/mol. The number of benzene rings is 1. The van der Waals surface area contributed by atoms with Crippen LogP contribution in [0.15, 0.2) is 24.3 Å². The van der Waals surface area contributed by atoms with Crippen LogP contribution in [-0.4, -0.2) is 42.1 Å². The van der Waals surface area contributed by atoms with Crippen molar-refractivity contribution < 1.29 is 0 Å². The Morgan fingerprint density at radius 2 is 2.00 bits per heavy atom. The number of nitrogens with two attached hydrogens (primary N) is 1.